The second-order valence-corrected chi connectivity index (χ2v) is 4.86. The Hall–Kier alpha value is -2.04. The van der Waals surface area contributed by atoms with Crippen LogP contribution in [0, 0.1) is 0 Å². The molecule has 5 heteroatoms. The first kappa shape index (κ1) is 14.4. The first-order chi connectivity index (χ1) is 9.67. The molecule has 20 heavy (non-hydrogen) atoms. The molecule has 1 unspecified atom stereocenters. The van der Waals surface area contributed by atoms with Crippen LogP contribution in [0.1, 0.15) is 25.3 Å². The zero-order valence-corrected chi connectivity index (χ0v) is 11.6. The van der Waals surface area contributed by atoms with Crippen LogP contribution in [0.25, 0.3) is 0 Å². The molecule has 0 bridgehead atoms. The molecule has 0 aromatic heterocycles. The van der Waals surface area contributed by atoms with Gasteiger partial charge in [0.1, 0.15) is 5.75 Å². The molecule has 2 N–H and O–H groups in total. The fourth-order valence-corrected chi connectivity index (χ4v) is 2.19. The van der Waals surface area contributed by atoms with E-state index in [1.54, 1.807) is 0 Å². The fourth-order valence-electron chi connectivity index (χ4n) is 2.19. The van der Waals surface area contributed by atoms with Crippen molar-refractivity contribution in [2.75, 3.05) is 13.2 Å². The van der Waals surface area contributed by atoms with Gasteiger partial charge in [-0.15, -0.1) is 0 Å². The molecule has 0 aliphatic carbocycles. The SMILES string of the molecule is CCOc1ccc(CC(=O)NCC2CCC(=O)N2)cc1. The normalized spacial score (nSPS) is 17.6. The highest BCUT2D eigenvalue weighted by atomic mass is 16.5. The molecular formula is C15H20N2O3. The Labute approximate surface area is 118 Å². The van der Waals surface area contributed by atoms with Crippen LogP contribution >= 0.6 is 0 Å². The van der Waals surface area contributed by atoms with Crippen LogP contribution in [0.3, 0.4) is 0 Å². The summed E-state index contributed by atoms with van der Waals surface area (Å²) in [5.41, 5.74) is 0.946. The van der Waals surface area contributed by atoms with E-state index in [9.17, 15) is 9.59 Å². The summed E-state index contributed by atoms with van der Waals surface area (Å²) in [6, 6.07) is 7.59. The molecule has 1 aliphatic heterocycles. The largest absolute Gasteiger partial charge is 0.494 e. The number of carbonyl (C=O) groups excluding carboxylic acids is 2. The molecule has 1 aromatic rings. The van der Waals surface area contributed by atoms with E-state index in [-0.39, 0.29) is 17.9 Å². The minimum Gasteiger partial charge on any atom is -0.494 e. The third-order valence-corrected chi connectivity index (χ3v) is 3.23. The van der Waals surface area contributed by atoms with Gasteiger partial charge in [0.25, 0.3) is 0 Å². The summed E-state index contributed by atoms with van der Waals surface area (Å²) in [5.74, 6) is 0.844. The third-order valence-electron chi connectivity index (χ3n) is 3.23. The lowest BCUT2D eigenvalue weighted by molar-refractivity contribution is -0.121. The molecule has 1 fully saturated rings. The van der Waals surface area contributed by atoms with Gasteiger partial charge in [0.2, 0.25) is 11.8 Å². The highest BCUT2D eigenvalue weighted by molar-refractivity contribution is 5.80. The molecule has 2 amide bonds. The van der Waals surface area contributed by atoms with Crippen LogP contribution in [-0.2, 0) is 16.0 Å². The Morgan fingerprint density at radius 1 is 1.40 bits per heavy atom. The van der Waals surface area contributed by atoms with E-state index in [1.807, 2.05) is 31.2 Å². The van der Waals surface area contributed by atoms with Gasteiger partial charge in [0, 0.05) is 19.0 Å². The maximum Gasteiger partial charge on any atom is 0.224 e. The number of nitrogens with one attached hydrogen (secondary N) is 2. The zero-order valence-electron chi connectivity index (χ0n) is 11.6. The lowest BCUT2D eigenvalue weighted by atomic mass is 10.1. The third kappa shape index (κ3) is 4.26. The van der Waals surface area contributed by atoms with Gasteiger partial charge >= 0.3 is 0 Å². The molecule has 1 atom stereocenters. The summed E-state index contributed by atoms with van der Waals surface area (Å²) in [5, 5.41) is 5.67. The second kappa shape index (κ2) is 6.93. The van der Waals surface area contributed by atoms with E-state index in [0.717, 1.165) is 17.7 Å². The second-order valence-electron chi connectivity index (χ2n) is 4.86. The van der Waals surface area contributed by atoms with E-state index < -0.39 is 0 Å². The van der Waals surface area contributed by atoms with Crippen molar-refractivity contribution in [1.29, 1.82) is 0 Å². The lowest BCUT2D eigenvalue weighted by Gasteiger charge is -2.11. The Bertz CT molecular complexity index is 471. The predicted molar refractivity (Wildman–Crippen MR) is 75.5 cm³/mol. The summed E-state index contributed by atoms with van der Waals surface area (Å²) in [6.45, 7) is 3.07. The van der Waals surface area contributed by atoms with Gasteiger partial charge in [-0.3, -0.25) is 9.59 Å². The minimum atomic E-state index is -0.0321. The topological polar surface area (TPSA) is 67.4 Å². The minimum absolute atomic E-state index is 0.0321. The molecule has 5 nitrogen and oxygen atoms in total. The van der Waals surface area contributed by atoms with Gasteiger partial charge in [-0.2, -0.15) is 0 Å². The molecular weight excluding hydrogens is 256 g/mol. The highest BCUT2D eigenvalue weighted by Gasteiger charge is 2.20. The van der Waals surface area contributed by atoms with Gasteiger partial charge in [0.05, 0.1) is 13.0 Å². The Kier molecular flexibility index (Phi) is 4.98. The molecule has 2 rings (SSSR count). The molecule has 0 saturated carbocycles. The summed E-state index contributed by atoms with van der Waals surface area (Å²) in [4.78, 5) is 22.8. The van der Waals surface area contributed by atoms with E-state index in [1.165, 1.54) is 0 Å². The van der Waals surface area contributed by atoms with Crippen LogP contribution in [0.2, 0.25) is 0 Å². The first-order valence-corrected chi connectivity index (χ1v) is 6.95. The fraction of sp³-hybridized carbons (Fsp3) is 0.467. The van der Waals surface area contributed by atoms with Crippen molar-refractivity contribution in [3.8, 4) is 5.75 Å². The number of hydrogen-bond acceptors (Lipinski definition) is 3. The van der Waals surface area contributed by atoms with Crippen LogP contribution in [0.4, 0.5) is 0 Å². The number of benzene rings is 1. The van der Waals surface area contributed by atoms with Gasteiger partial charge in [0.15, 0.2) is 0 Å². The number of ether oxygens (including phenoxy) is 1. The van der Waals surface area contributed by atoms with Gasteiger partial charge < -0.3 is 15.4 Å². The number of amides is 2. The van der Waals surface area contributed by atoms with Gasteiger partial charge in [-0.25, -0.2) is 0 Å². The lowest BCUT2D eigenvalue weighted by Crippen LogP contribution is -2.38. The molecule has 1 aliphatic rings. The summed E-state index contributed by atoms with van der Waals surface area (Å²) >= 11 is 0. The van der Waals surface area contributed by atoms with Crippen molar-refractivity contribution >= 4 is 11.8 Å². The van der Waals surface area contributed by atoms with Crippen molar-refractivity contribution in [2.24, 2.45) is 0 Å². The van der Waals surface area contributed by atoms with Crippen LogP contribution in [0.5, 0.6) is 5.75 Å². The molecule has 1 heterocycles. The quantitative estimate of drug-likeness (QED) is 0.815. The maximum atomic E-state index is 11.8. The monoisotopic (exact) mass is 276 g/mol. The average molecular weight is 276 g/mol. The first-order valence-electron chi connectivity index (χ1n) is 6.95. The van der Waals surface area contributed by atoms with E-state index in [2.05, 4.69) is 10.6 Å². The van der Waals surface area contributed by atoms with Crippen LogP contribution < -0.4 is 15.4 Å². The highest BCUT2D eigenvalue weighted by Crippen LogP contribution is 2.12. The number of rotatable bonds is 6. The van der Waals surface area contributed by atoms with Crippen LogP contribution in [-0.4, -0.2) is 31.0 Å². The molecule has 0 spiro atoms. The van der Waals surface area contributed by atoms with E-state index in [4.69, 9.17) is 4.74 Å². The molecule has 0 radical (unpaired) electrons. The standard InChI is InChI=1S/C15H20N2O3/c1-2-20-13-6-3-11(4-7-13)9-15(19)16-10-12-5-8-14(18)17-12/h3-4,6-7,12H,2,5,8-10H2,1H3,(H,16,19)(H,17,18). The van der Waals surface area contributed by atoms with Crippen molar-refractivity contribution < 1.29 is 14.3 Å². The zero-order chi connectivity index (χ0) is 14.4. The average Bonchev–Trinajstić information content (AvgIpc) is 2.85. The predicted octanol–water partition coefficient (Wildman–Crippen LogP) is 1.02. The van der Waals surface area contributed by atoms with E-state index >= 15 is 0 Å². The molecule has 108 valence electrons. The Morgan fingerprint density at radius 2 is 2.15 bits per heavy atom. The van der Waals surface area contributed by atoms with Crippen molar-refractivity contribution in [1.82, 2.24) is 10.6 Å². The summed E-state index contributed by atoms with van der Waals surface area (Å²) in [7, 11) is 0. The molecule has 1 saturated heterocycles. The van der Waals surface area contributed by atoms with Crippen LogP contribution in [0.15, 0.2) is 24.3 Å². The summed E-state index contributed by atoms with van der Waals surface area (Å²) in [6.07, 6.45) is 1.69. The van der Waals surface area contributed by atoms with E-state index in [0.29, 0.717) is 26.0 Å². The molecule has 1 aromatic carbocycles. The number of carbonyl (C=O) groups is 2. The number of hydrogen-bond donors (Lipinski definition) is 2. The van der Waals surface area contributed by atoms with Gasteiger partial charge in [-0.05, 0) is 31.0 Å². The Balaban J connectivity index is 1.74. The van der Waals surface area contributed by atoms with Crippen molar-refractivity contribution in [3.63, 3.8) is 0 Å². The Morgan fingerprint density at radius 3 is 2.75 bits per heavy atom. The van der Waals surface area contributed by atoms with Crippen molar-refractivity contribution in [3.05, 3.63) is 29.8 Å². The smallest absolute Gasteiger partial charge is 0.224 e. The van der Waals surface area contributed by atoms with Gasteiger partial charge in [-0.1, -0.05) is 12.1 Å². The summed E-state index contributed by atoms with van der Waals surface area (Å²) < 4.78 is 5.35. The van der Waals surface area contributed by atoms with Crippen molar-refractivity contribution in [2.45, 2.75) is 32.2 Å². The maximum absolute atomic E-state index is 11.8.